The highest BCUT2D eigenvalue weighted by Gasteiger charge is 2.27. The van der Waals surface area contributed by atoms with E-state index in [1.54, 1.807) is 10.7 Å². The van der Waals surface area contributed by atoms with E-state index in [0.29, 0.717) is 11.7 Å². The molecule has 9 heteroatoms. The number of aromatic nitrogens is 3. The lowest BCUT2D eigenvalue weighted by molar-refractivity contribution is -0.118. The molecule has 8 nitrogen and oxygen atoms in total. The average molecular weight is 470 g/mol. The van der Waals surface area contributed by atoms with Gasteiger partial charge in [0.05, 0.1) is 12.5 Å². The Bertz CT molecular complexity index is 1100. The SMILES string of the molecule is Cc1cc(Br)cc(C)c1NC(=O)COc1cccc(C2CC(=O)Nc3ncnn32)c1. The van der Waals surface area contributed by atoms with Crippen LogP contribution in [0, 0.1) is 13.8 Å². The number of aryl methyl sites for hydroxylation is 2. The summed E-state index contributed by atoms with van der Waals surface area (Å²) in [6.45, 7) is 3.75. The van der Waals surface area contributed by atoms with Crippen LogP contribution in [-0.4, -0.2) is 33.2 Å². The normalized spacial score (nSPS) is 15.3. The summed E-state index contributed by atoms with van der Waals surface area (Å²) >= 11 is 3.45. The van der Waals surface area contributed by atoms with E-state index in [9.17, 15) is 9.59 Å². The summed E-state index contributed by atoms with van der Waals surface area (Å²) in [5.41, 5.74) is 3.58. The summed E-state index contributed by atoms with van der Waals surface area (Å²) in [4.78, 5) is 28.4. The Kier molecular flexibility index (Phi) is 5.54. The van der Waals surface area contributed by atoms with Crippen molar-refractivity contribution in [3.63, 3.8) is 0 Å². The van der Waals surface area contributed by atoms with Gasteiger partial charge >= 0.3 is 0 Å². The number of rotatable bonds is 5. The number of carbonyl (C=O) groups excluding carboxylic acids is 2. The Labute approximate surface area is 181 Å². The predicted octanol–water partition coefficient (Wildman–Crippen LogP) is 3.61. The lowest BCUT2D eigenvalue weighted by Crippen LogP contribution is -2.29. The van der Waals surface area contributed by atoms with Gasteiger partial charge in [-0.3, -0.25) is 14.9 Å². The van der Waals surface area contributed by atoms with Gasteiger partial charge in [-0.05, 0) is 54.8 Å². The first-order chi connectivity index (χ1) is 14.4. The molecule has 0 saturated carbocycles. The molecule has 0 radical (unpaired) electrons. The topological polar surface area (TPSA) is 98.1 Å². The quantitative estimate of drug-likeness (QED) is 0.594. The fraction of sp³-hybridized carbons (Fsp3) is 0.238. The zero-order valence-electron chi connectivity index (χ0n) is 16.5. The summed E-state index contributed by atoms with van der Waals surface area (Å²) < 4.78 is 8.35. The molecule has 2 N–H and O–H groups in total. The van der Waals surface area contributed by atoms with Crippen LogP contribution < -0.4 is 15.4 Å². The van der Waals surface area contributed by atoms with E-state index in [1.165, 1.54) is 6.33 Å². The number of fused-ring (bicyclic) bond motifs is 1. The number of carbonyl (C=O) groups is 2. The van der Waals surface area contributed by atoms with Crippen molar-refractivity contribution in [2.75, 3.05) is 17.2 Å². The minimum absolute atomic E-state index is 0.119. The molecule has 0 aliphatic carbocycles. The monoisotopic (exact) mass is 469 g/mol. The number of benzene rings is 2. The Morgan fingerprint density at radius 1 is 1.30 bits per heavy atom. The van der Waals surface area contributed by atoms with E-state index < -0.39 is 0 Å². The zero-order valence-corrected chi connectivity index (χ0v) is 18.1. The first kappa shape index (κ1) is 20.1. The smallest absolute Gasteiger partial charge is 0.262 e. The van der Waals surface area contributed by atoms with Gasteiger partial charge in [-0.1, -0.05) is 28.1 Å². The lowest BCUT2D eigenvalue weighted by atomic mass is 10.0. The van der Waals surface area contributed by atoms with Crippen LogP contribution in [-0.2, 0) is 9.59 Å². The molecule has 1 aliphatic heterocycles. The molecule has 1 aromatic heterocycles. The molecule has 0 bridgehead atoms. The average Bonchev–Trinajstić information content (AvgIpc) is 3.17. The van der Waals surface area contributed by atoms with E-state index >= 15 is 0 Å². The fourth-order valence-corrected chi connectivity index (χ4v) is 4.20. The minimum atomic E-state index is -0.276. The largest absolute Gasteiger partial charge is 0.484 e. The number of nitrogens with zero attached hydrogens (tertiary/aromatic N) is 3. The van der Waals surface area contributed by atoms with Crippen molar-refractivity contribution in [1.82, 2.24) is 14.8 Å². The van der Waals surface area contributed by atoms with Crippen molar-refractivity contribution in [3.05, 3.63) is 63.9 Å². The zero-order chi connectivity index (χ0) is 21.3. The molecular weight excluding hydrogens is 450 g/mol. The first-order valence-electron chi connectivity index (χ1n) is 9.39. The molecule has 30 heavy (non-hydrogen) atoms. The third-order valence-electron chi connectivity index (χ3n) is 4.87. The van der Waals surface area contributed by atoms with Crippen molar-refractivity contribution in [2.45, 2.75) is 26.3 Å². The predicted molar refractivity (Wildman–Crippen MR) is 116 cm³/mol. The van der Waals surface area contributed by atoms with Crippen LogP contribution in [0.2, 0.25) is 0 Å². The molecule has 1 atom stereocenters. The van der Waals surface area contributed by atoms with Gasteiger partial charge in [0.25, 0.3) is 5.91 Å². The number of ether oxygens (including phenoxy) is 1. The van der Waals surface area contributed by atoms with Gasteiger partial charge < -0.3 is 10.1 Å². The van der Waals surface area contributed by atoms with Crippen LogP contribution >= 0.6 is 15.9 Å². The van der Waals surface area contributed by atoms with Crippen LogP contribution in [0.15, 0.2) is 47.2 Å². The maximum absolute atomic E-state index is 12.4. The van der Waals surface area contributed by atoms with E-state index in [1.807, 2.05) is 44.2 Å². The van der Waals surface area contributed by atoms with Crippen molar-refractivity contribution >= 4 is 39.4 Å². The number of amides is 2. The van der Waals surface area contributed by atoms with E-state index in [0.717, 1.165) is 26.9 Å². The van der Waals surface area contributed by atoms with Gasteiger partial charge in [0.15, 0.2) is 6.61 Å². The first-order valence-corrected chi connectivity index (χ1v) is 10.2. The second-order valence-corrected chi connectivity index (χ2v) is 8.04. The summed E-state index contributed by atoms with van der Waals surface area (Å²) in [5, 5.41) is 9.81. The number of hydrogen-bond acceptors (Lipinski definition) is 5. The van der Waals surface area contributed by atoms with Crippen molar-refractivity contribution < 1.29 is 14.3 Å². The lowest BCUT2D eigenvalue weighted by Gasteiger charge is -2.24. The van der Waals surface area contributed by atoms with Gasteiger partial charge in [-0.2, -0.15) is 10.1 Å². The maximum Gasteiger partial charge on any atom is 0.262 e. The molecule has 3 aromatic rings. The maximum atomic E-state index is 12.4. The van der Waals surface area contributed by atoms with Gasteiger partial charge in [0.2, 0.25) is 11.9 Å². The molecule has 0 spiro atoms. The van der Waals surface area contributed by atoms with Gasteiger partial charge in [0.1, 0.15) is 12.1 Å². The molecule has 2 amide bonds. The molecule has 154 valence electrons. The van der Waals surface area contributed by atoms with E-state index in [-0.39, 0.29) is 30.9 Å². The van der Waals surface area contributed by atoms with Crippen molar-refractivity contribution in [2.24, 2.45) is 0 Å². The number of hydrogen-bond donors (Lipinski definition) is 2. The van der Waals surface area contributed by atoms with Crippen LogP contribution in [0.5, 0.6) is 5.75 Å². The highest BCUT2D eigenvalue weighted by atomic mass is 79.9. The van der Waals surface area contributed by atoms with Gasteiger partial charge in [-0.25, -0.2) is 4.68 Å². The molecule has 0 saturated heterocycles. The number of nitrogens with one attached hydrogen (secondary N) is 2. The van der Waals surface area contributed by atoms with E-state index in [2.05, 4.69) is 36.6 Å². The number of anilines is 2. The summed E-state index contributed by atoms with van der Waals surface area (Å²) in [5.74, 6) is 0.595. The fourth-order valence-electron chi connectivity index (χ4n) is 3.51. The second kappa shape index (κ2) is 8.27. The van der Waals surface area contributed by atoms with Crippen LogP contribution in [0.3, 0.4) is 0 Å². The Hall–Kier alpha value is -3.20. The summed E-state index contributed by atoms with van der Waals surface area (Å²) in [6.07, 6.45) is 1.66. The molecule has 1 aliphatic rings. The third-order valence-corrected chi connectivity index (χ3v) is 5.33. The number of halogens is 1. The Morgan fingerprint density at radius 3 is 2.83 bits per heavy atom. The standard InChI is InChI=1S/C21H20BrN5O3/c1-12-6-15(22)7-13(2)20(12)25-19(29)10-30-16-5-3-4-14(8-16)17-9-18(28)26-21-23-11-24-27(17)21/h3-8,11,17H,9-10H2,1-2H3,(H,25,29)(H,23,24,26,28). The molecule has 2 heterocycles. The van der Waals surface area contributed by atoms with Gasteiger partial charge in [-0.15, -0.1) is 0 Å². The summed E-state index contributed by atoms with van der Waals surface area (Å²) in [7, 11) is 0. The van der Waals surface area contributed by atoms with Crippen molar-refractivity contribution in [1.29, 1.82) is 0 Å². The Balaban J connectivity index is 1.45. The second-order valence-electron chi connectivity index (χ2n) is 7.12. The molecular formula is C21H20BrN5O3. The summed E-state index contributed by atoms with van der Waals surface area (Å²) in [6, 6.07) is 10.9. The van der Waals surface area contributed by atoms with Crippen LogP contribution in [0.1, 0.15) is 29.2 Å². The Morgan fingerprint density at radius 2 is 2.07 bits per heavy atom. The third kappa shape index (κ3) is 4.20. The highest BCUT2D eigenvalue weighted by molar-refractivity contribution is 9.10. The molecule has 1 unspecified atom stereocenters. The van der Waals surface area contributed by atoms with Crippen LogP contribution in [0.4, 0.5) is 11.6 Å². The van der Waals surface area contributed by atoms with Gasteiger partial charge in [0, 0.05) is 10.2 Å². The molecule has 0 fully saturated rings. The molecule has 4 rings (SSSR count). The minimum Gasteiger partial charge on any atom is -0.484 e. The van der Waals surface area contributed by atoms with E-state index in [4.69, 9.17) is 4.74 Å². The molecule has 2 aromatic carbocycles. The highest BCUT2D eigenvalue weighted by Crippen LogP contribution is 2.30. The van der Waals surface area contributed by atoms with Crippen LogP contribution in [0.25, 0.3) is 0 Å². The van der Waals surface area contributed by atoms with Crippen molar-refractivity contribution in [3.8, 4) is 5.75 Å².